The van der Waals surface area contributed by atoms with Gasteiger partial charge in [-0.05, 0) is 49.8 Å². The molecule has 1 atom stereocenters. The molecule has 2 amide bonds. The van der Waals surface area contributed by atoms with Crippen LogP contribution in [0.25, 0.3) is 0 Å². The summed E-state index contributed by atoms with van der Waals surface area (Å²) in [6.45, 7) is 7.65. The van der Waals surface area contributed by atoms with Crippen molar-refractivity contribution in [1.29, 1.82) is 0 Å². The molecule has 1 unspecified atom stereocenters. The molecule has 0 radical (unpaired) electrons. The molecular weight excluding hydrogens is 382 g/mol. The number of aryl methyl sites for hydroxylation is 2. The fourth-order valence-corrected chi connectivity index (χ4v) is 4.04. The Bertz CT molecular complexity index is 1050. The molecule has 0 bridgehead atoms. The Balaban J connectivity index is 1.64. The highest BCUT2D eigenvalue weighted by Gasteiger charge is 2.35. The maximum atomic E-state index is 13.0. The number of rotatable bonds is 3. The standard InChI is InChI=1S/C22H27N5O3/c1-12-6-8-27(9-7-12)22-25-19-18(21(30)26-22)15(11-17(28)24-19)20(29)23-16-10-13(2)4-5-14(16)3/h4-5,10,12,15H,6-9,11H2,1-3H3,(H,23,29)(H2,24,25,26,28,30). The average molecular weight is 409 g/mol. The van der Waals surface area contributed by atoms with Gasteiger partial charge in [-0.15, -0.1) is 0 Å². The van der Waals surface area contributed by atoms with Gasteiger partial charge in [0.2, 0.25) is 17.8 Å². The molecule has 0 spiro atoms. The second-order valence-corrected chi connectivity index (χ2v) is 8.43. The molecular formula is C22H27N5O3. The lowest BCUT2D eigenvalue weighted by molar-refractivity contribution is -0.123. The number of H-pyrrole nitrogens is 1. The van der Waals surface area contributed by atoms with E-state index in [4.69, 9.17) is 0 Å². The number of hydrogen-bond donors (Lipinski definition) is 3. The highest BCUT2D eigenvalue weighted by atomic mass is 16.2. The molecule has 1 aromatic heterocycles. The summed E-state index contributed by atoms with van der Waals surface area (Å²) in [5.74, 6) is -0.318. The first-order valence-electron chi connectivity index (χ1n) is 10.4. The number of fused-ring (bicyclic) bond motifs is 1. The quantitative estimate of drug-likeness (QED) is 0.723. The van der Waals surface area contributed by atoms with Crippen molar-refractivity contribution < 1.29 is 9.59 Å². The van der Waals surface area contributed by atoms with E-state index in [1.165, 1.54) is 0 Å². The summed E-state index contributed by atoms with van der Waals surface area (Å²) in [6.07, 6.45) is 1.96. The number of nitrogens with one attached hydrogen (secondary N) is 3. The van der Waals surface area contributed by atoms with Gasteiger partial charge in [-0.3, -0.25) is 19.4 Å². The van der Waals surface area contributed by atoms with Gasteiger partial charge in [-0.1, -0.05) is 19.1 Å². The molecule has 4 rings (SSSR count). The average Bonchev–Trinajstić information content (AvgIpc) is 2.70. The van der Waals surface area contributed by atoms with Crippen LogP contribution in [0.3, 0.4) is 0 Å². The van der Waals surface area contributed by atoms with Gasteiger partial charge >= 0.3 is 0 Å². The fourth-order valence-electron chi connectivity index (χ4n) is 4.04. The van der Waals surface area contributed by atoms with Crippen molar-refractivity contribution in [2.75, 3.05) is 28.6 Å². The third-order valence-corrected chi connectivity index (χ3v) is 5.99. The number of anilines is 3. The van der Waals surface area contributed by atoms with Crippen LogP contribution < -0.4 is 21.1 Å². The molecule has 3 N–H and O–H groups in total. The summed E-state index contributed by atoms with van der Waals surface area (Å²) in [6, 6.07) is 5.76. The van der Waals surface area contributed by atoms with E-state index in [1.54, 1.807) is 0 Å². The number of amides is 2. The van der Waals surface area contributed by atoms with Gasteiger partial charge in [-0.25, -0.2) is 0 Å². The Hall–Kier alpha value is -3.16. The van der Waals surface area contributed by atoms with Crippen LogP contribution in [0.4, 0.5) is 17.5 Å². The summed E-state index contributed by atoms with van der Waals surface area (Å²) in [5, 5.41) is 5.56. The Morgan fingerprint density at radius 1 is 1.20 bits per heavy atom. The molecule has 8 nitrogen and oxygen atoms in total. The first-order valence-corrected chi connectivity index (χ1v) is 10.4. The van der Waals surface area contributed by atoms with Crippen molar-refractivity contribution in [3.63, 3.8) is 0 Å². The van der Waals surface area contributed by atoms with Crippen LogP contribution in [-0.4, -0.2) is 34.9 Å². The summed E-state index contributed by atoms with van der Waals surface area (Å²) < 4.78 is 0. The molecule has 0 aliphatic carbocycles. The predicted octanol–water partition coefficient (Wildman–Crippen LogP) is 2.69. The van der Waals surface area contributed by atoms with E-state index < -0.39 is 5.92 Å². The Morgan fingerprint density at radius 2 is 1.93 bits per heavy atom. The van der Waals surface area contributed by atoms with Crippen LogP contribution in [0.2, 0.25) is 0 Å². The van der Waals surface area contributed by atoms with Gasteiger partial charge < -0.3 is 15.5 Å². The van der Waals surface area contributed by atoms with Crippen molar-refractivity contribution in [2.24, 2.45) is 5.92 Å². The molecule has 1 fully saturated rings. The molecule has 2 aliphatic rings. The number of aromatic amines is 1. The Kier molecular flexibility index (Phi) is 5.32. The van der Waals surface area contributed by atoms with Crippen LogP contribution in [-0.2, 0) is 9.59 Å². The van der Waals surface area contributed by atoms with E-state index in [2.05, 4.69) is 27.5 Å². The summed E-state index contributed by atoms with van der Waals surface area (Å²) in [4.78, 5) is 47.6. The number of hydrogen-bond acceptors (Lipinski definition) is 5. The highest BCUT2D eigenvalue weighted by molar-refractivity contribution is 6.04. The zero-order chi connectivity index (χ0) is 21.4. The zero-order valence-electron chi connectivity index (χ0n) is 17.5. The zero-order valence-corrected chi connectivity index (χ0v) is 17.5. The second-order valence-electron chi connectivity index (χ2n) is 8.43. The topological polar surface area (TPSA) is 107 Å². The lowest BCUT2D eigenvalue weighted by Gasteiger charge is -2.31. The highest BCUT2D eigenvalue weighted by Crippen LogP contribution is 2.31. The van der Waals surface area contributed by atoms with Crippen LogP contribution in [0, 0.1) is 19.8 Å². The van der Waals surface area contributed by atoms with E-state index in [0.717, 1.165) is 37.1 Å². The summed E-state index contributed by atoms with van der Waals surface area (Å²) in [5.41, 5.74) is 2.44. The smallest absolute Gasteiger partial charge is 0.258 e. The van der Waals surface area contributed by atoms with E-state index in [1.807, 2.05) is 36.9 Å². The van der Waals surface area contributed by atoms with Gasteiger partial charge in [0, 0.05) is 25.2 Å². The van der Waals surface area contributed by atoms with Gasteiger partial charge in [0.05, 0.1) is 11.5 Å². The van der Waals surface area contributed by atoms with Crippen LogP contribution in [0.1, 0.15) is 48.8 Å². The molecule has 30 heavy (non-hydrogen) atoms. The van der Waals surface area contributed by atoms with Gasteiger partial charge in [-0.2, -0.15) is 4.98 Å². The van der Waals surface area contributed by atoms with E-state index in [-0.39, 0.29) is 35.2 Å². The van der Waals surface area contributed by atoms with E-state index in [0.29, 0.717) is 17.6 Å². The summed E-state index contributed by atoms with van der Waals surface area (Å²) in [7, 11) is 0. The number of benzene rings is 1. The lowest BCUT2D eigenvalue weighted by Crippen LogP contribution is -2.39. The third-order valence-electron chi connectivity index (χ3n) is 5.99. The minimum absolute atomic E-state index is 0.0883. The first kappa shape index (κ1) is 20.1. The molecule has 0 saturated carbocycles. The molecule has 2 aliphatic heterocycles. The minimum atomic E-state index is -0.889. The molecule has 2 aromatic rings. The number of nitrogens with zero attached hydrogens (tertiary/aromatic N) is 2. The van der Waals surface area contributed by atoms with Gasteiger partial charge in [0.15, 0.2) is 0 Å². The number of carbonyl (C=O) groups excluding carboxylic acids is 2. The monoisotopic (exact) mass is 409 g/mol. The molecule has 158 valence electrons. The first-order chi connectivity index (χ1) is 14.3. The van der Waals surface area contributed by atoms with Crippen LogP contribution in [0.15, 0.2) is 23.0 Å². The third kappa shape index (κ3) is 3.94. The second kappa shape index (κ2) is 7.93. The number of aromatic nitrogens is 2. The SMILES string of the molecule is Cc1ccc(C)c(NC(=O)C2CC(=O)Nc3nc(N4CCC(C)CC4)[nH]c(=O)c32)c1. The lowest BCUT2D eigenvalue weighted by atomic mass is 9.92. The molecule has 8 heteroatoms. The minimum Gasteiger partial charge on any atom is -0.342 e. The number of carbonyl (C=O) groups is 2. The van der Waals surface area contributed by atoms with Crippen molar-refractivity contribution in [2.45, 2.75) is 46.0 Å². The van der Waals surface area contributed by atoms with Gasteiger partial charge in [0.1, 0.15) is 5.82 Å². The van der Waals surface area contributed by atoms with E-state index >= 15 is 0 Å². The van der Waals surface area contributed by atoms with Crippen molar-refractivity contribution in [3.05, 3.63) is 45.2 Å². The van der Waals surface area contributed by atoms with Crippen molar-refractivity contribution >= 4 is 29.3 Å². The van der Waals surface area contributed by atoms with Crippen molar-refractivity contribution in [1.82, 2.24) is 9.97 Å². The van der Waals surface area contributed by atoms with Crippen LogP contribution in [0.5, 0.6) is 0 Å². The molecule has 1 saturated heterocycles. The largest absolute Gasteiger partial charge is 0.342 e. The van der Waals surface area contributed by atoms with Gasteiger partial charge in [0.25, 0.3) is 5.56 Å². The molecule has 3 heterocycles. The van der Waals surface area contributed by atoms with E-state index in [9.17, 15) is 14.4 Å². The maximum absolute atomic E-state index is 13.0. The van der Waals surface area contributed by atoms with Crippen molar-refractivity contribution in [3.8, 4) is 0 Å². The fraction of sp³-hybridized carbons (Fsp3) is 0.455. The normalized spacial score (nSPS) is 19.2. The van der Waals surface area contributed by atoms with Crippen LogP contribution >= 0.6 is 0 Å². The summed E-state index contributed by atoms with van der Waals surface area (Å²) >= 11 is 0. The maximum Gasteiger partial charge on any atom is 0.258 e. The predicted molar refractivity (Wildman–Crippen MR) is 116 cm³/mol. The number of piperidine rings is 1. The Morgan fingerprint density at radius 3 is 2.67 bits per heavy atom. The molecule has 1 aromatic carbocycles. The Labute approximate surface area is 175 Å².